The highest BCUT2D eigenvalue weighted by Gasteiger charge is 2.30. The van der Waals surface area contributed by atoms with E-state index in [4.69, 9.17) is 9.26 Å². The summed E-state index contributed by atoms with van der Waals surface area (Å²) in [5.74, 6) is 1.65. The summed E-state index contributed by atoms with van der Waals surface area (Å²) in [4.78, 5) is 24.5. The van der Waals surface area contributed by atoms with E-state index < -0.39 is 0 Å². The Hall–Kier alpha value is -2.64. The fraction of sp³-hybridized carbons (Fsp3) is 0.467. The molecule has 8 nitrogen and oxygen atoms in total. The Balaban J connectivity index is 1.63. The second-order valence-electron chi connectivity index (χ2n) is 5.69. The van der Waals surface area contributed by atoms with Crippen LogP contribution in [0.3, 0.4) is 0 Å². The molecule has 0 spiro atoms. The van der Waals surface area contributed by atoms with Crippen LogP contribution in [0.4, 0.5) is 5.82 Å². The molecule has 1 saturated heterocycles. The molecule has 2 aromatic rings. The van der Waals surface area contributed by atoms with Crippen LogP contribution in [0.15, 0.2) is 23.1 Å². The lowest BCUT2D eigenvalue weighted by Crippen LogP contribution is -2.31. The highest BCUT2D eigenvalue weighted by atomic mass is 16.5. The van der Waals surface area contributed by atoms with Gasteiger partial charge in [-0.15, -0.1) is 0 Å². The molecular weight excluding hydrogens is 298 g/mol. The summed E-state index contributed by atoms with van der Waals surface area (Å²) < 4.78 is 10.8. The molecule has 0 bridgehead atoms. The minimum absolute atomic E-state index is 0.0806. The van der Waals surface area contributed by atoms with Gasteiger partial charge in [0.15, 0.2) is 5.82 Å². The van der Waals surface area contributed by atoms with Crippen LogP contribution in [0.25, 0.3) is 0 Å². The van der Waals surface area contributed by atoms with Gasteiger partial charge in [-0.05, 0) is 6.92 Å². The summed E-state index contributed by atoms with van der Waals surface area (Å²) in [5.41, 5.74) is 0.500. The zero-order chi connectivity index (χ0) is 16.4. The van der Waals surface area contributed by atoms with Crippen LogP contribution < -0.4 is 9.64 Å². The quantitative estimate of drug-likeness (QED) is 0.835. The maximum atomic E-state index is 12.4. The van der Waals surface area contributed by atoms with E-state index in [1.807, 2.05) is 19.0 Å². The number of aryl methyl sites for hydroxylation is 1. The summed E-state index contributed by atoms with van der Waals surface area (Å²) in [6.45, 7) is 2.87. The third-order valence-corrected chi connectivity index (χ3v) is 3.76. The number of aromatic nitrogens is 3. The van der Waals surface area contributed by atoms with Crippen molar-refractivity contribution in [3.8, 4) is 5.88 Å². The van der Waals surface area contributed by atoms with Crippen LogP contribution in [-0.4, -0.2) is 59.2 Å². The third-order valence-electron chi connectivity index (χ3n) is 3.76. The number of carbonyl (C=O) groups excluding carboxylic acids is 1. The van der Waals surface area contributed by atoms with E-state index in [2.05, 4.69) is 15.1 Å². The zero-order valence-electron chi connectivity index (χ0n) is 13.4. The van der Waals surface area contributed by atoms with Gasteiger partial charge in [0, 0.05) is 27.1 Å². The number of anilines is 1. The molecule has 0 saturated carbocycles. The molecule has 1 aliphatic heterocycles. The number of likely N-dealkylation sites (tertiary alicyclic amines) is 1. The minimum Gasteiger partial charge on any atom is -0.471 e. The van der Waals surface area contributed by atoms with Crippen molar-refractivity contribution in [3.05, 3.63) is 29.9 Å². The van der Waals surface area contributed by atoms with Crippen LogP contribution in [0.5, 0.6) is 5.88 Å². The Morgan fingerprint density at radius 3 is 2.91 bits per heavy atom. The van der Waals surface area contributed by atoms with Gasteiger partial charge in [0.1, 0.15) is 17.4 Å². The summed E-state index contributed by atoms with van der Waals surface area (Å²) in [6.07, 6.45) is 5.38. The number of hydrogen-bond acceptors (Lipinski definition) is 7. The molecule has 0 aromatic carbocycles. The van der Waals surface area contributed by atoms with E-state index in [0.717, 1.165) is 12.2 Å². The van der Waals surface area contributed by atoms with E-state index >= 15 is 0 Å². The van der Waals surface area contributed by atoms with Gasteiger partial charge in [0.25, 0.3) is 5.91 Å². The molecule has 3 heterocycles. The second-order valence-corrected chi connectivity index (χ2v) is 5.69. The molecule has 3 rings (SSSR count). The lowest BCUT2D eigenvalue weighted by Gasteiger charge is -2.17. The van der Waals surface area contributed by atoms with E-state index in [0.29, 0.717) is 30.3 Å². The van der Waals surface area contributed by atoms with Crippen molar-refractivity contribution < 1.29 is 14.1 Å². The molecule has 0 unspecified atom stereocenters. The monoisotopic (exact) mass is 317 g/mol. The lowest BCUT2D eigenvalue weighted by molar-refractivity contribution is 0.0769. The number of nitrogens with zero attached hydrogens (tertiary/aromatic N) is 5. The van der Waals surface area contributed by atoms with Gasteiger partial charge in [-0.2, -0.15) is 4.98 Å². The highest BCUT2D eigenvalue weighted by Crippen LogP contribution is 2.20. The first-order valence-electron chi connectivity index (χ1n) is 7.41. The van der Waals surface area contributed by atoms with Gasteiger partial charge < -0.3 is 19.1 Å². The summed E-state index contributed by atoms with van der Waals surface area (Å²) in [7, 11) is 3.79. The van der Waals surface area contributed by atoms with Gasteiger partial charge >= 0.3 is 0 Å². The van der Waals surface area contributed by atoms with Crippen LogP contribution in [-0.2, 0) is 0 Å². The fourth-order valence-electron chi connectivity index (χ4n) is 2.46. The number of ether oxygens (including phenoxy) is 1. The molecule has 1 amide bonds. The smallest absolute Gasteiger partial charge is 0.259 e. The van der Waals surface area contributed by atoms with Crippen molar-refractivity contribution in [2.75, 3.05) is 32.1 Å². The van der Waals surface area contributed by atoms with Crippen molar-refractivity contribution in [3.63, 3.8) is 0 Å². The van der Waals surface area contributed by atoms with Gasteiger partial charge in [-0.3, -0.25) is 9.78 Å². The Labute approximate surface area is 134 Å². The fourth-order valence-corrected chi connectivity index (χ4v) is 2.46. The molecular formula is C15H19N5O3. The van der Waals surface area contributed by atoms with Crippen molar-refractivity contribution in [1.82, 2.24) is 20.0 Å². The number of rotatable bonds is 4. The van der Waals surface area contributed by atoms with E-state index in [1.54, 1.807) is 24.2 Å². The first-order valence-corrected chi connectivity index (χ1v) is 7.41. The molecule has 0 radical (unpaired) electrons. The van der Waals surface area contributed by atoms with Gasteiger partial charge in [-0.25, -0.2) is 0 Å². The van der Waals surface area contributed by atoms with E-state index in [1.165, 1.54) is 6.20 Å². The normalized spacial score (nSPS) is 17.3. The summed E-state index contributed by atoms with van der Waals surface area (Å²) in [5, 5.41) is 3.65. The maximum Gasteiger partial charge on any atom is 0.259 e. The van der Waals surface area contributed by atoms with Crippen LogP contribution in [0.1, 0.15) is 22.5 Å². The van der Waals surface area contributed by atoms with Crippen molar-refractivity contribution in [1.29, 1.82) is 0 Å². The Kier molecular flexibility index (Phi) is 4.14. The highest BCUT2D eigenvalue weighted by molar-refractivity contribution is 5.94. The molecule has 122 valence electrons. The minimum atomic E-state index is -0.0918. The topological polar surface area (TPSA) is 84.6 Å². The Morgan fingerprint density at radius 1 is 1.39 bits per heavy atom. The Morgan fingerprint density at radius 2 is 2.22 bits per heavy atom. The molecule has 2 aromatic heterocycles. The van der Waals surface area contributed by atoms with Crippen LogP contribution >= 0.6 is 0 Å². The van der Waals surface area contributed by atoms with Gasteiger partial charge in [-0.1, -0.05) is 5.16 Å². The van der Waals surface area contributed by atoms with Gasteiger partial charge in [0.05, 0.1) is 25.1 Å². The Bertz CT molecular complexity index is 700. The predicted molar refractivity (Wildman–Crippen MR) is 82.5 cm³/mol. The zero-order valence-corrected chi connectivity index (χ0v) is 13.4. The van der Waals surface area contributed by atoms with E-state index in [-0.39, 0.29) is 12.0 Å². The first-order chi connectivity index (χ1) is 11.0. The molecule has 1 fully saturated rings. The van der Waals surface area contributed by atoms with Crippen molar-refractivity contribution >= 4 is 11.7 Å². The van der Waals surface area contributed by atoms with Crippen molar-refractivity contribution in [2.45, 2.75) is 19.4 Å². The molecule has 0 aliphatic carbocycles. The molecule has 23 heavy (non-hydrogen) atoms. The SMILES string of the molecule is Cc1oncc1C(=O)N1CC[C@@H](Oc2cncc(N(C)C)n2)C1. The second kappa shape index (κ2) is 6.23. The van der Waals surface area contributed by atoms with Crippen LogP contribution in [0.2, 0.25) is 0 Å². The maximum absolute atomic E-state index is 12.4. The summed E-state index contributed by atoms with van der Waals surface area (Å²) in [6, 6.07) is 0. The summed E-state index contributed by atoms with van der Waals surface area (Å²) >= 11 is 0. The van der Waals surface area contributed by atoms with E-state index in [9.17, 15) is 4.79 Å². The molecule has 0 N–H and O–H groups in total. The van der Waals surface area contributed by atoms with Crippen LogP contribution in [0, 0.1) is 6.92 Å². The average molecular weight is 317 g/mol. The predicted octanol–water partition coefficient (Wildman–Crippen LogP) is 1.13. The average Bonchev–Trinajstić information content (AvgIpc) is 3.16. The van der Waals surface area contributed by atoms with Crippen molar-refractivity contribution in [2.24, 2.45) is 0 Å². The largest absolute Gasteiger partial charge is 0.471 e. The molecule has 1 aliphatic rings. The number of hydrogen-bond donors (Lipinski definition) is 0. The lowest BCUT2D eigenvalue weighted by atomic mass is 10.2. The first kappa shape index (κ1) is 15.3. The third kappa shape index (κ3) is 3.25. The number of amides is 1. The molecule has 1 atom stereocenters. The molecule has 8 heteroatoms. The number of carbonyl (C=O) groups is 1. The van der Waals surface area contributed by atoms with Gasteiger partial charge in [0.2, 0.25) is 5.88 Å². The standard InChI is InChI=1S/C15H19N5O3/c1-10-12(6-17-23-10)15(21)20-5-4-11(9-20)22-14-8-16-7-13(18-14)19(2)3/h6-8,11H,4-5,9H2,1-3H3/t11-/m1/s1.